The summed E-state index contributed by atoms with van der Waals surface area (Å²) in [5.74, 6) is 0.779. The van der Waals surface area contributed by atoms with Crippen LogP contribution in [0.4, 0.5) is 10.5 Å². The molecule has 1 heterocycles. The Hall–Kier alpha value is -1.88. The van der Waals surface area contributed by atoms with Crippen molar-refractivity contribution in [1.29, 1.82) is 0 Å². The minimum absolute atomic E-state index is 0. The second kappa shape index (κ2) is 13.3. The number of thiazole rings is 1. The Bertz CT molecular complexity index is 749. The van der Waals surface area contributed by atoms with Gasteiger partial charge in [0.1, 0.15) is 0 Å². The molecular formula is C19H28IN5O2S. The molecule has 0 fully saturated rings. The predicted molar refractivity (Wildman–Crippen MR) is 126 cm³/mol. The van der Waals surface area contributed by atoms with Crippen molar-refractivity contribution in [3.63, 3.8) is 0 Å². The molecule has 2 rings (SSSR count). The Morgan fingerprint density at radius 3 is 2.57 bits per heavy atom. The number of hydrogen-bond acceptors (Lipinski definition) is 5. The van der Waals surface area contributed by atoms with E-state index in [4.69, 9.17) is 0 Å². The molecule has 0 aliphatic carbocycles. The van der Waals surface area contributed by atoms with Crippen LogP contribution >= 0.6 is 35.3 Å². The summed E-state index contributed by atoms with van der Waals surface area (Å²) in [5.41, 5.74) is 1.74. The molecule has 0 saturated carbocycles. The fourth-order valence-electron chi connectivity index (χ4n) is 2.29. The third kappa shape index (κ3) is 8.42. The maximum absolute atomic E-state index is 11.2. The third-order valence-corrected chi connectivity index (χ3v) is 4.93. The fraction of sp³-hybridized carbons (Fsp3) is 0.421. The zero-order chi connectivity index (χ0) is 19.5. The van der Waals surface area contributed by atoms with Crippen LogP contribution in [0.1, 0.15) is 29.3 Å². The minimum atomic E-state index is -0.481. The number of nitrogens with one attached hydrogen (secondary N) is 3. The standard InChI is InChI=1S/C19H27N5O2S.HI/c1-4-16-13-22-17(27-16)10-11-21-18(20-5-2)23-12-14-6-8-15(9-7-14)24-19(25)26-3;/h6-9,13H,4-5,10-12H2,1-3H3,(H,24,25)(H2,20,21,23);1H. The molecule has 0 atom stereocenters. The van der Waals surface area contributed by atoms with Gasteiger partial charge in [-0.2, -0.15) is 0 Å². The number of ether oxygens (including phenoxy) is 1. The average molecular weight is 517 g/mol. The number of halogens is 1. The molecule has 9 heteroatoms. The number of rotatable bonds is 8. The summed E-state index contributed by atoms with van der Waals surface area (Å²) in [6.07, 6.45) is 3.38. The SMILES string of the molecule is CCNC(=NCc1ccc(NC(=O)OC)cc1)NCCc1ncc(CC)s1.I. The van der Waals surface area contributed by atoms with Gasteiger partial charge >= 0.3 is 6.09 Å². The van der Waals surface area contributed by atoms with Crippen molar-refractivity contribution in [3.8, 4) is 0 Å². The van der Waals surface area contributed by atoms with E-state index in [9.17, 15) is 4.79 Å². The van der Waals surface area contributed by atoms with E-state index in [1.165, 1.54) is 12.0 Å². The van der Waals surface area contributed by atoms with E-state index < -0.39 is 6.09 Å². The summed E-state index contributed by atoms with van der Waals surface area (Å²) in [5, 5.41) is 10.4. The normalized spacial score (nSPS) is 10.8. The van der Waals surface area contributed by atoms with Gasteiger partial charge in [-0.3, -0.25) is 5.32 Å². The quantitative estimate of drug-likeness (QED) is 0.282. The lowest BCUT2D eigenvalue weighted by molar-refractivity contribution is 0.187. The summed E-state index contributed by atoms with van der Waals surface area (Å²) in [7, 11) is 1.34. The average Bonchev–Trinajstić information content (AvgIpc) is 3.15. The van der Waals surface area contributed by atoms with Crippen molar-refractivity contribution >= 4 is 53.1 Å². The molecule has 0 unspecified atom stereocenters. The highest BCUT2D eigenvalue weighted by Gasteiger charge is 2.03. The number of aromatic nitrogens is 1. The molecule has 1 aromatic carbocycles. The van der Waals surface area contributed by atoms with Crippen LogP contribution in [0.5, 0.6) is 0 Å². The summed E-state index contributed by atoms with van der Waals surface area (Å²) in [4.78, 5) is 21.6. The van der Waals surface area contributed by atoms with Crippen molar-refractivity contribution in [2.45, 2.75) is 33.2 Å². The molecule has 154 valence electrons. The van der Waals surface area contributed by atoms with Crippen molar-refractivity contribution in [3.05, 3.63) is 45.9 Å². The van der Waals surface area contributed by atoms with Gasteiger partial charge in [-0.1, -0.05) is 19.1 Å². The van der Waals surface area contributed by atoms with Crippen LogP contribution in [-0.4, -0.2) is 37.2 Å². The van der Waals surface area contributed by atoms with Gasteiger partial charge in [-0.25, -0.2) is 14.8 Å². The van der Waals surface area contributed by atoms with Gasteiger partial charge in [0.25, 0.3) is 0 Å². The summed E-state index contributed by atoms with van der Waals surface area (Å²) in [6.45, 7) is 6.31. The van der Waals surface area contributed by atoms with E-state index in [0.29, 0.717) is 12.2 Å². The maximum Gasteiger partial charge on any atom is 0.411 e. The molecule has 1 amide bonds. The number of amides is 1. The second-order valence-electron chi connectivity index (χ2n) is 5.76. The summed E-state index contributed by atoms with van der Waals surface area (Å²) >= 11 is 1.76. The van der Waals surface area contributed by atoms with Crippen LogP contribution < -0.4 is 16.0 Å². The van der Waals surface area contributed by atoms with Crippen molar-refractivity contribution in [2.24, 2.45) is 4.99 Å². The lowest BCUT2D eigenvalue weighted by Gasteiger charge is -2.11. The molecule has 0 aliphatic heterocycles. The van der Waals surface area contributed by atoms with Crippen LogP contribution in [0.2, 0.25) is 0 Å². The highest BCUT2D eigenvalue weighted by molar-refractivity contribution is 14.0. The van der Waals surface area contributed by atoms with Crippen molar-refractivity contribution in [1.82, 2.24) is 15.6 Å². The topological polar surface area (TPSA) is 87.6 Å². The Morgan fingerprint density at radius 1 is 1.21 bits per heavy atom. The molecule has 3 N–H and O–H groups in total. The molecule has 1 aromatic heterocycles. The number of hydrogen-bond donors (Lipinski definition) is 3. The van der Waals surface area contributed by atoms with Gasteiger partial charge in [-0.15, -0.1) is 35.3 Å². The van der Waals surface area contributed by atoms with Gasteiger partial charge in [0.15, 0.2) is 5.96 Å². The lowest BCUT2D eigenvalue weighted by Crippen LogP contribution is -2.38. The number of benzene rings is 1. The maximum atomic E-state index is 11.2. The number of nitrogens with zero attached hydrogens (tertiary/aromatic N) is 2. The molecule has 28 heavy (non-hydrogen) atoms. The zero-order valence-electron chi connectivity index (χ0n) is 16.4. The molecule has 0 aliphatic rings. The molecule has 0 spiro atoms. The number of carbonyl (C=O) groups is 1. The Morgan fingerprint density at radius 2 is 1.96 bits per heavy atom. The van der Waals surface area contributed by atoms with Crippen molar-refractivity contribution in [2.75, 3.05) is 25.5 Å². The van der Waals surface area contributed by atoms with E-state index in [2.05, 4.69) is 37.6 Å². The molecule has 7 nitrogen and oxygen atoms in total. The fourth-order valence-corrected chi connectivity index (χ4v) is 3.15. The van der Waals surface area contributed by atoms with Crippen LogP contribution in [0.15, 0.2) is 35.5 Å². The van der Waals surface area contributed by atoms with Crippen molar-refractivity contribution < 1.29 is 9.53 Å². The van der Waals surface area contributed by atoms with Gasteiger partial charge in [0, 0.05) is 36.3 Å². The summed E-state index contributed by atoms with van der Waals surface area (Å²) < 4.78 is 4.58. The van der Waals surface area contributed by atoms with Gasteiger partial charge < -0.3 is 15.4 Å². The molecular weight excluding hydrogens is 489 g/mol. The van der Waals surface area contributed by atoms with Gasteiger partial charge in [0.2, 0.25) is 0 Å². The predicted octanol–water partition coefficient (Wildman–Crippen LogP) is 3.80. The van der Waals surface area contributed by atoms with Crippen LogP contribution in [0, 0.1) is 0 Å². The number of aryl methyl sites for hydroxylation is 1. The van der Waals surface area contributed by atoms with E-state index >= 15 is 0 Å². The molecule has 0 saturated heterocycles. The minimum Gasteiger partial charge on any atom is -0.453 e. The molecule has 0 bridgehead atoms. The molecule has 0 radical (unpaired) electrons. The first kappa shape index (κ1) is 24.2. The first-order chi connectivity index (χ1) is 13.1. The lowest BCUT2D eigenvalue weighted by atomic mass is 10.2. The smallest absolute Gasteiger partial charge is 0.411 e. The zero-order valence-corrected chi connectivity index (χ0v) is 19.6. The third-order valence-electron chi connectivity index (χ3n) is 3.73. The number of anilines is 1. The Kier molecular flexibility index (Phi) is 11.5. The number of methoxy groups -OCH3 is 1. The van der Waals surface area contributed by atoms with Crippen LogP contribution in [0.3, 0.4) is 0 Å². The second-order valence-corrected chi connectivity index (χ2v) is 6.96. The van der Waals surface area contributed by atoms with E-state index in [1.54, 1.807) is 11.3 Å². The number of guanidine groups is 1. The van der Waals surface area contributed by atoms with E-state index in [1.807, 2.05) is 37.4 Å². The largest absolute Gasteiger partial charge is 0.453 e. The number of aliphatic imine (C=N–C) groups is 1. The van der Waals surface area contributed by atoms with Crippen LogP contribution in [-0.2, 0) is 24.1 Å². The van der Waals surface area contributed by atoms with E-state index in [-0.39, 0.29) is 24.0 Å². The van der Waals surface area contributed by atoms with Gasteiger partial charge in [-0.05, 0) is 31.0 Å². The summed E-state index contributed by atoms with van der Waals surface area (Å²) in [6, 6.07) is 7.52. The Labute approximate surface area is 187 Å². The number of carbonyl (C=O) groups excluding carboxylic acids is 1. The van der Waals surface area contributed by atoms with Crippen LogP contribution in [0.25, 0.3) is 0 Å². The highest BCUT2D eigenvalue weighted by Crippen LogP contribution is 2.13. The van der Waals surface area contributed by atoms with Gasteiger partial charge in [0.05, 0.1) is 18.7 Å². The van der Waals surface area contributed by atoms with E-state index in [0.717, 1.165) is 42.5 Å². The molecule has 2 aromatic rings. The first-order valence-electron chi connectivity index (χ1n) is 9.04. The Balaban J connectivity index is 0.00000392. The monoisotopic (exact) mass is 517 g/mol. The first-order valence-corrected chi connectivity index (χ1v) is 9.85. The highest BCUT2D eigenvalue weighted by atomic mass is 127.